The summed E-state index contributed by atoms with van der Waals surface area (Å²) >= 11 is 0. The topological polar surface area (TPSA) is 9.23 Å². The molecule has 1 nitrogen and oxygen atoms in total. The molecule has 0 saturated carbocycles. The highest BCUT2D eigenvalue weighted by Crippen LogP contribution is 2.26. The third-order valence-electron chi connectivity index (χ3n) is 2.82. The average molecular weight is 144 g/mol. The van der Waals surface area contributed by atoms with Crippen LogP contribution in [0.15, 0.2) is 0 Å². The quantitative estimate of drug-likeness (QED) is 0.589. The van der Waals surface area contributed by atoms with Crippen LogP contribution in [-0.2, 0) is 4.74 Å². The fraction of sp³-hybridized carbons (Fsp3) is 1.00. The van der Waals surface area contributed by atoms with Crippen molar-refractivity contribution in [2.24, 2.45) is 5.92 Å². The van der Waals surface area contributed by atoms with Crippen LogP contribution in [0, 0.1) is 5.92 Å². The molecule has 0 radical (unpaired) electrons. The van der Waals surface area contributed by atoms with Gasteiger partial charge in [-0.3, -0.25) is 0 Å². The highest BCUT2D eigenvalue weighted by molar-refractivity contribution is 4.78. The zero-order valence-electron chi connectivity index (χ0n) is 7.90. The van der Waals surface area contributed by atoms with Crippen molar-refractivity contribution in [1.29, 1.82) is 0 Å². The summed E-state index contributed by atoms with van der Waals surface area (Å²) < 4.78 is 5.44. The van der Waals surface area contributed by atoms with E-state index in [0.29, 0.717) is 5.92 Å². The Bertz CT molecular complexity index is 84.7. The molecule has 0 rings (SSSR count). The lowest BCUT2D eigenvalue weighted by Gasteiger charge is -2.32. The van der Waals surface area contributed by atoms with Gasteiger partial charge in [-0.2, -0.15) is 0 Å². The predicted octanol–water partition coefficient (Wildman–Crippen LogP) is 2.85. The van der Waals surface area contributed by atoms with E-state index < -0.39 is 0 Å². The van der Waals surface area contributed by atoms with E-state index in [0.717, 1.165) is 6.42 Å². The highest BCUT2D eigenvalue weighted by atomic mass is 16.5. The molecule has 0 aliphatic heterocycles. The summed E-state index contributed by atoms with van der Waals surface area (Å²) in [5, 5.41) is 0. The van der Waals surface area contributed by atoms with Crippen molar-refractivity contribution in [3.63, 3.8) is 0 Å². The van der Waals surface area contributed by atoms with Crippen molar-refractivity contribution >= 4 is 0 Å². The summed E-state index contributed by atoms with van der Waals surface area (Å²) in [7, 11) is 1.80. The number of hydrogen-bond donors (Lipinski definition) is 0. The van der Waals surface area contributed by atoms with Gasteiger partial charge in [0.05, 0.1) is 5.60 Å². The Morgan fingerprint density at radius 1 is 1.40 bits per heavy atom. The van der Waals surface area contributed by atoms with E-state index in [1.54, 1.807) is 7.11 Å². The van der Waals surface area contributed by atoms with Gasteiger partial charge in [-0.15, -0.1) is 0 Å². The maximum Gasteiger partial charge on any atom is 0.0673 e. The number of hydrogen-bond acceptors (Lipinski definition) is 1. The van der Waals surface area contributed by atoms with Crippen molar-refractivity contribution in [1.82, 2.24) is 0 Å². The average Bonchev–Trinajstić information content (AvgIpc) is 2.01. The Labute approximate surface area is 64.8 Å². The summed E-state index contributed by atoms with van der Waals surface area (Å²) in [4.78, 5) is 0. The van der Waals surface area contributed by atoms with E-state index in [2.05, 4.69) is 27.7 Å². The molecule has 0 heterocycles. The van der Waals surface area contributed by atoms with Crippen LogP contribution in [0.4, 0.5) is 0 Å². The Morgan fingerprint density at radius 2 is 1.90 bits per heavy atom. The number of ether oxygens (including phenoxy) is 1. The monoisotopic (exact) mass is 144 g/mol. The third-order valence-corrected chi connectivity index (χ3v) is 2.82. The van der Waals surface area contributed by atoms with Crippen LogP contribution < -0.4 is 0 Å². The number of methoxy groups -OCH3 is 1. The smallest absolute Gasteiger partial charge is 0.0673 e. The summed E-state index contributed by atoms with van der Waals surface area (Å²) in [5.74, 6) is 0.655. The van der Waals surface area contributed by atoms with Gasteiger partial charge < -0.3 is 4.74 Å². The van der Waals surface area contributed by atoms with E-state index in [9.17, 15) is 0 Å². The summed E-state index contributed by atoms with van der Waals surface area (Å²) in [6.45, 7) is 8.81. The maximum atomic E-state index is 5.44. The van der Waals surface area contributed by atoms with Gasteiger partial charge in [-0.25, -0.2) is 0 Å². The van der Waals surface area contributed by atoms with E-state index in [1.807, 2.05) is 0 Å². The molecule has 0 aromatic rings. The summed E-state index contributed by atoms with van der Waals surface area (Å²) in [5.41, 5.74) is 0.0920. The first-order valence-corrected chi connectivity index (χ1v) is 4.15. The molecule has 0 amide bonds. The van der Waals surface area contributed by atoms with Crippen molar-refractivity contribution in [3.8, 4) is 0 Å². The molecule has 0 aliphatic carbocycles. The van der Waals surface area contributed by atoms with Crippen LogP contribution >= 0.6 is 0 Å². The highest BCUT2D eigenvalue weighted by Gasteiger charge is 2.26. The standard InChI is InChI=1S/C9H20O/c1-6-8(3)9(4,7-2)10-5/h8H,6-7H2,1-5H3. The van der Waals surface area contributed by atoms with Gasteiger partial charge in [0.15, 0.2) is 0 Å². The fourth-order valence-corrected chi connectivity index (χ4v) is 1.13. The van der Waals surface area contributed by atoms with Crippen LogP contribution in [-0.4, -0.2) is 12.7 Å². The van der Waals surface area contributed by atoms with Gasteiger partial charge in [-0.05, 0) is 19.3 Å². The fourth-order valence-electron chi connectivity index (χ4n) is 1.13. The molecule has 0 aromatic heterocycles. The van der Waals surface area contributed by atoms with Crippen molar-refractivity contribution < 1.29 is 4.74 Å². The van der Waals surface area contributed by atoms with E-state index in [-0.39, 0.29) is 5.60 Å². The van der Waals surface area contributed by atoms with E-state index in [1.165, 1.54) is 6.42 Å². The molecule has 0 aliphatic rings. The van der Waals surface area contributed by atoms with Gasteiger partial charge in [-0.1, -0.05) is 27.2 Å². The molecular weight excluding hydrogens is 124 g/mol. The maximum absolute atomic E-state index is 5.44. The minimum Gasteiger partial charge on any atom is -0.378 e. The van der Waals surface area contributed by atoms with Crippen LogP contribution in [0.5, 0.6) is 0 Å². The molecule has 0 N–H and O–H groups in total. The first-order chi connectivity index (χ1) is 4.60. The second-order valence-electron chi connectivity index (χ2n) is 3.18. The van der Waals surface area contributed by atoms with Gasteiger partial charge in [0.1, 0.15) is 0 Å². The zero-order chi connectivity index (χ0) is 8.20. The van der Waals surface area contributed by atoms with Crippen LogP contribution in [0.25, 0.3) is 0 Å². The normalized spacial score (nSPS) is 20.1. The molecule has 0 bridgehead atoms. The van der Waals surface area contributed by atoms with E-state index >= 15 is 0 Å². The van der Waals surface area contributed by atoms with Gasteiger partial charge in [0.2, 0.25) is 0 Å². The molecule has 2 atom stereocenters. The first-order valence-electron chi connectivity index (χ1n) is 4.15. The van der Waals surface area contributed by atoms with Crippen LogP contribution in [0.3, 0.4) is 0 Å². The molecule has 0 saturated heterocycles. The first kappa shape index (κ1) is 9.96. The Hall–Kier alpha value is -0.0400. The second kappa shape index (κ2) is 3.97. The molecular formula is C9H20O. The minimum absolute atomic E-state index is 0.0920. The Morgan fingerprint density at radius 3 is 2.00 bits per heavy atom. The molecule has 1 heteroatoms. The van der Waals surface area contributed by atoms with Gasteiger partial charge in [0.25, 0.3) is 0 Å². The molecule has 0 aromatic carbocycles. The lowest BCUT2D eigenvalue weighted by atomic mass is 9.86. The summed E-state index contributed by atoms with van der Waals surface area (Å²) in [6, 6.07) is 0. The molecule has 62 valence electrons. The Kier molecular flexibility index (Phi) is 3.95. The van der Waals surface area contributed by atoms with Crippen LogP contribution in [0.1, 0.15) is 40.5 Å². The number of rotatable bonds is 4. The molecule has 2 unspecified atom stereocenters. The Balaban J connectivity index is 4.02. The van der Waals surface area contributed by atoms with Gasteiger partial charge in [0, 0.05) is 7.11 Å². The molecule has 10 heavy (non-hydrogen) atoms. The molecule has 0 spiro atoms. The zero-order valence-corrected chi connectivity index (χ0v) is 7.90. The minimum atomic E-state index is 0.0920. The largest absolute Gasteiger partial charge is 0.378 e. The van der Waals surface area contributed by atoms with Crippen molar-refractivity contribution in [2.75, 3.05) is 7.11 Å². The van der Waals surface area contributed by atoms with E-state index in [4.69, 9.17) is 4.74 Å². The second-order valence-corrected chi connectivity index (χ2v) is 3.18. The lowest BCUT2D eigenvalue weighted by molar-refractivity contribution is -0.0416. The van der Waals surface area contributed by atoms with Crippen LogP contribution in [0.2, 0.25) is 0 Å². The van der Waals surface area contributed by atoms with Gasteiger partial charge >= 0.3 is 0 Å². The lowest BCUT2D eigenvalue weighted by Crippen LogP contribution is -2.33. The van der Waals surface area contributed by atoms with Crippen molar-refractivity contribution in [2.45, 2.75) is 46.1 Å². The third kappa shape index (κ3) is 1.98. The molecule has 0 fully saturated rings. The van der Waals surface area contributed by atoms with Crippen molar-refractivity contribution in [3.05, 3.63) is 0 Å². The summed E-state index contributed by atoms with van der Waals surface area (Å²) in [6.07, 6.45) is 2.29. The predicted molar refractivity (Wildman–Crippen MR) is 45.2 cm³/mol. The SMILES string of the molecule is CCC(C)C(C)(CC)OC.